The molecule has 1 aliphatic rings. The molecule has 118 valence electrons. The van der Waals surface area contributed by atoms with Gasteiger partial charge >= 0.3 is 6.09 Å². The summed E-state index contributed by atoms with van der Waals surface area (Å²) < 4.78 is 5.24. The Kier molecular flexibility index (Phi) is 6.80. The lowest BCUT2D eigenvalue weighted by atomic mass is 9.82. The van der Waals surface area contributed by atoms with Crippen molar-refractivity contribution in [3.8, 4) is 0 Å². The first-order chi connectivity index (χ1) is 9.31. The van der Waals surface area contributed by atoms with Crippen LogP contribution in [0.4, 0.5) is 4.79 Å². The molecule has 0 radical (unpaired) electrons. The molecule has 20 heavy (non-hydrogen) atoms. The van der Waals surface area contributed by atoms with Gasteiger partial charge in [-0.2, -0.15) is 0 Å². The van der Waals surface area contributed by atoms with Crippen LogP contribution in [0.5, 0.6) is 0 Å². The maximum Gasteiger partial charge on any atom is 0.407 e. The van der Waals surface area contributed by atoms with E-state index in [9.17, 15) is 4.79 Å². The van der Waals surface area contributed by atoms with E-state index in [1.807, 2.05) is 20.8 Å². The van der Waals surface area contributed by atoms with E-state index in [1.54, 1.807) is 0 Å². The minimum absolute atomic E-state index is 0.277. The second-order valence-electron chi connectivity index (χ2n) is 7.01. The number of hydrogen-bond donors (Lipinski definition) is 2. The predicted octanol–water partition coefficient (Wildman–Crippen LogP) is 3.46. The average Bonchev–Trinajstić information content (AvgIpc) is 2.35. The molecule has 1 rings (SSSR count). The van der Waals surface area contributed by atoms with Gasteiger partial charge in [-0.05, 0) is 46.5 Å². The van der Waals surface area contributed by atoms with Crippen LogP contribution >= 0.6 is 0 Å². The quantitative estimate of drug-likeness (QED) is 0.813. The summed E-state index contributed by atoms with van der Waals surface area (Å²) in [6.45, 7) is 10.6. The van der Waals surface area contributed by atoms with Crippen LogP contribution < -0.4 is 10.6 Å². The predicted molar refractivity (Wildman–Crippen MR) is 82.9 cm³/mol. The Morgan fingerprint density at radius 2 is 1.95 bits per heavy atom. The van der Waals surface area contributed by atoms with Gasteiger partial charge in [-0.3, -0.25) is 0 Å². The average molecular weight is 284 g/mol. The van der Waals surface area contributed by atoms with Gasteiger partial charge in [0.05, 0.1) is 0 Å². The van der Waals surface area contributed by atoms with Gasteiger partial charge in [-0.15, -0.1) is 0 Å². The van der Waals surface area contributed by atoms with Gasteiger partial charge in [-0.1, -0.05) is 26.2 Å². The van der Waals surface area contributed by atoms with Crippen molar-refractivity contribution in [1.29, 1.82) is 0 Å². The Morgan fingerprint density at radius 1 is 1.30 bits per heavy atom. The second-order valence-corrected chi connectivity index (χ2v) is 7.01. The number of hydrogen-bond acceptors (Lipinski definition) is 3. The van der Waals surface area contributed by atoms with Crippen LogP contribution in [0.25, 0.3) is 0 Å². The highest BCUT2D eigenvalue weighted by molar-refractivity contribution is 5.67. The van der Waals surface area contributed by atoms with Crippen molar-refractivity contribution in [2.45, 2.75) is 84.4 Å². The smallest absolute Gasteiger partial charge is 0.407 e. The zero-order chi connectivity index (χ0) is 15.2. The van der Waals surface area contributed by atoms with E-state index in [1.165, 1.54) is 32.1 Å². The number of rotatable bonds is 5. The van der Waals surface area contributed by atoms with Crippen LogP contribution in [0.15, 0.2) is 0 Å². The van der Waals surface area contributed by atoms with Gasteiger partial charge < -0.3 is 15.4 Å². The van der Waals surface area contributed by atoms with Crippen LogP contribution in [0.1, 0.15) is 66.7 Å². The van der Waals surface area contributed by atoms with Gasteiger partial charge in [0, 0.05) is 18.6 Å². The number of carbonyl (C=O) groups excluding carboxylic acids is 1. The molecule has 4 nitrogen and oxygen atoms in total. The highest BCUT2D eigenvalue weighted by Crippen LogP contribution is 2.26. The van der Waals surface area contributed by atoms with Crippen molar-refractivity contribution in [2.75, 3.05) is 6.54 Å². The number of carbonyl (C=O) groups is 1. The highest BCUT2D eigenvalue weighted by atomic mass is 16.6. The second kappa shape index (κ2) is 7.87. The van der Waals surface area contributed by atoms with E-state index in [2.05, 4.69) is 24.5 Å². The summed E-state index contributed by atoms with van der Waals surface area (Å²) in [6.07, 6.45) is 6.18. The topological polar surface area (TPSA) is 50.4 Å². The molecular weight excluding hydrogens is 252 g/mol. The molecule has 2 N–H and O–H groups in total. The van der Waals surface area contributed by atoms with E-state index in [0.717, 1.165) is 5.92 Å². The molecule has 1 amide bonds. The fraction of sp³-hybridized carbons (Fsp3) is 0.938. The standard InChI is InChI=1S/C16H32N2O2/c1-6-13-9-7-8-10-14(13)18-12(2)11-17-15(19)20-16(3,4)5/h12-14,18H,6-11H2,1-5H3,(H,17,19). The van der Waals surface area contributed by atoms with Crippen molar-refractivity contribution in [3.63, 3.8) is 0 Å². The largest absolute Gasteiger partial charge is 0.444 e. The molecule has 0 heterocycles. The van der Waals surface area contributed by atoms with E-state index >= 15 is 0 Å². The SMILES string of the molecule is CCC1CCCCC1NC(C)CNC(=O)OC(C)(C)C. The fourth-order valence-electron chi connectivity index (χ4n) is 2.89. The number of amides is 1. The minimum atomic E-state index is -0.433. The molecule has 4 heteroatoms. The first kappa shape index (κ1) is 17.3. The Bertz CT molecular complexity index is 299. The lowest BCUT2D eigenvalue weighted by Gasteiger charge is -2.34. The van der Waals surface area contributed by atoms with Crippen molar-refractivity contribution in [2.24, 2.45) is 5.92 Å². The van der Waals surface area contributed by atoms with Crippen LogP contribution in [0.3, 0.4) is 0 Å². The van der Waals surface area contributed by atoms with Gasteiger partial charge in [0.2, 0.25) is 0 Å². The third-order valence-electron chi connectivity index (χ3n) is 3.88. The van der Waals surface area contributed by atoms with Crippen molar-refractivity contribution in [1.82, 2.24) is 10.6 Å². The molecule has 0 aromatic rings. The molecule has 0 spiro atoms. The van der Waals surface area contributed by atoms with Crippen LogP contribution in [0, 0.1) is 5.92 Å². The van der Waals surface area contributed by atoms with E-state index in [4.69, 9.17) is 4.74 Å². The maximum absolute atomic E-state index is 11.6. The molecule has 0 saturated heterocycles. The van der Waals surface area contributed by atoms with Crippen LogP contribution in [-0.2, 0) is 4.74 Å². The normalized spacial score (nSPS) is 25.1. The summed E-state index contributed by atoms with van der Waals surface area (Å²) in [6, 6.07) is 0.879. The minimum Gasteiger partial charge on any atom is -0.444 e. The van der Waals surface area contributed by atoms with Gasteiger partial charge in [-0.25, -0.2) is 4.79 Å². The molecule has 1 saturated carbocycles. The summed E-state index contributed by atoms with van der Waals surface area (Å²) in [5.74, 6) is 0.785. The van der Waals surface area contributed by atoms with Crippen molar-refractivity contribution in [3.05, 3.63) is 0 Å². The molecule has 3 atom stereocenters. The van der Waals surface area contributed by atoms with Crippen molar-refractivity contribution < 1.29 is 9.53 Å². The molecular formula is C16H32N2O2. The molecule has 1 aliphatic carbocycles. The number of alkyl carbamates (subject to hydrolysis) is 1. The van der Waals surface area contributed by atoms with E-state index in [-0.39, 0.29) is 12.1 Å². The molecule has 0 aromatic heterocycles. The molecule has 1 fully saturated rings. The first-order valence-corrected chi connectivity index (χ1v) is 8.04. The summed E-state index contributed by atoms with van der Waals surface area (Å²) in [5.41, 5.74) is -0.433. The third-order valence-corrected chi connectivity index (χ3v) is 3.88. The van der Waals surface area contributed by atoms with E-state index < -0.39 is 5.60 Å². The zero-order valence-corrected chi connectivity index (χ0v) is 13.8. The zero-order valence-electron chi connectivity index (χ0n) is 13.8. The van der Waals surface area contributed by atoms with Crippen molar-refractivity contribution >= 4 is 6.09 Å². The summed E-state index contributed by atoms with van der Waals surface area (Å²) in [5, 5.41) is 6.51. The Morgan fingerprint density at radius 3 is 2.55 bits per heavy atom. The number of nitrogens with one attached hydrogen (secondary N) is 2. The van der Waals surface area contributed by atoms with Gasteiger partial charge in [0.25, 0.3) is 0 Å². The van der Waals surface area contributed by atoms with E-state index in [0.29, 0.717) is 12.6 Å². The maximum atomic E-state index is 11.6. The number of ether oxygens (including phenoxy) is 1. The summed E-state index contributed by atoms with van der Waals surface area (Å²) >= 11 is 0. The molecule has 0 aliphatic heterocycles. The van der Waals surface area contributed by atoms with Gasteiger partial charge in [0.15, 0.2) is 0 Å². The van der Waals surface area contributed by atoms with Gasteiger partial charge in [0.1, 0.15) is 5.60 Å². The van der Waals surface area contributed by atoms with Crippen LogP contribution in [0.2, 0.25) is 0 Å². The van der Waals surface area contributed by atoms with Crippen LogP contribution in [-0.4, -0.2) is 30.3 Å². The Hall–Kier alpha value is -0.770. The first-order valence-electron chi connectivity index (χ1n) is 8.04. The lowest BCUT2D eigenvalue weighted by Crippen LogP contribution is -2.48. The molecule has 3 unspecified atom stereocenters. The summed E-state index contributed by atoms with van der Waals surface area (Å²) in [4.78, 5) is 11.6. The Labute approximate surface area is 124 Å². The molecule has 0 aromatic carbocycles. The lowest BCUT2D eigenvalue weighted by molar-refractivity contribution is 0.0521. The highest BCUT2D eigenvalue weighted by Gasteiger charge is 2.24. The Balaban J connectivity index is 2.28. The third kappa shape index (κ3) is 6.60. The fourth-order valence-corrected chi connectivity index (χ4v) is 2.89. The summed E-state index contributed by atoms with van der Waals surface area (Å²) in [7, 11) is 0. The monoisotopic (exact) mass is 284 g/mol. The molecule has 0 bridgehead atoms.